The van der Waals surface area contributed by atoms with E-state index in [0.29, 0.717) is 12.1 Å². The van der Waals surface area contributed by atoms with Crippen molar-refractivity contribution in [3.05, 3.63) is 0 Å². The molecule has 0 radical (unpaired) electrons. The molecule has 17 heavy (non-hydrogen) atoms. The molecule has 0 bridgehead atoms. The summed E-state index contributed by atoms with van der Waals surface area (Å²) in [6.45, 7) is 3.35. The zero-order valence-corrected chi connectivity index (χ0v) is 11.0. The highest BCUT2D eigenvalue weighted by Gasteiger charge is 2.24. The molecule has 100 valence electrons. The first-order valence-electron chi connectivity index (χ1n) is 7.26. The summed E-state index contributed by atoms with van der Waals surface area (Å²) in [4.78, 5) is 0. The van der Waals surface area contributed by atoms with Crippen LogP contribution in [0.1, 0.15) is 51.9 Å². The molecule has 0 aromatic heterocycles. The fourth-order valence-corrected chi connectivity index (χ4v) is 2.72. The van der Waals surface area contributed by atoms with E-state index >= 15 is 0 Å². The largest absolute Gasteiger partial charge is 0.395 e. The van der Waals surface area contributed by atoms with Gasteiger partial charge in [-0.15, -0.1) is 0 Å². The molecule has 0 heterocycles. The number of hydrogen-bond acceptors (Lipinski definition) is 3. The lowest BCUT2D eigenvalue weighted by molar-refractivity contribution is 0.00892. The van der Waals surface area contributed by atoms with Crippen LogP contribution in [0.4, 0.5) is 0 Å². The summed E-state index contributed by atoms with van der Waals surface area (Å²) in [5.41, 5.74) is 0. The Balaban J connectivity index is 1.56. The highest BCUT2D eigenvalue weighted by atomic mass is 16.5. The summed E-state index contributed by atoms with van der Waals surface area (Å²) in [5.74, 6) is 0.826. The van der Waals surface area contributed by atoms with Crippen molar-refractivity contribution in [2.75, 3.05) is 13.2 Å². The lowest BCUT2D eigenvalue weighted by atomic mass is 9.89. The molecule has 0 amide bonds. The molecule has 0 spiro atoms. The third-order valence-corrected chi connectivity index (χ3v) is 3.98. The van der Waals surface area contributed by atoms with Gasteiger partial charge in [0.15, 0.2) is 0 Å². The lowest BCUT2D eigenvalue weighted by Gasteiger charge is -2.27. The molecule has 3 unspecified atom stereocenters. The molecule has 2 aliphatic rings. The normalized spacial score (nSPS) is 31.4. The van der Waals surface area contributed by atoms with Crippen LogP contribution in [0.5, 0.6) is 0 Å². The maximum atomic E-state index is 9.26. The monoisotopic (exact) mass is 241 g/mol. The van der Waals surface area contributed by atoms with Gasteiger partial charge in [0.25, 0.3) is 0 Å². The average Bonchev–Trinajstić information content (AvgIpc) is 3.12. The van der Waals surface area contributed by atoms with Gasteiger partial charge >= 0.3 is 0 Å². The molecule has 3 heteroatoms. The molecule has 0 aliphatic heterocycles. The molecule has 3 nitrogen and oxygen atoms in total. The maximum Gasteiger partial charge on any atom is 0.0585 e. The smallest absolute Gasteiger partial charge is 0.0585 e. The van der Waals surface area contributed by atoms with Gasteiger partial charge in [-0.1, -0.05) is 19.8 Å². The van der Waals surface area contributed by atoms with Gasteiger partial charge in [-0.3, -0.25) is 0 Å². The highest BCUT2D eigenvalue weighted by molar-refractivity contribution is 4.84. The third kappa shape index (κ3) is 4.94. The van der Waals surface area contributed by atoms with Crippen molar-refractivity contribution in [3.8, 4) is 0 Å². The van der Waals surface area contributed by atoms with Crippen LogP contribution < -0.4 is 5.32 Å². The number of nitrogens with one attached hydrogen (secondary N) is 1. The van der Waals surface area contributed by atoms with Gasteiger partial charge in [0.2, 0.25) is 0 Å². The van der Waals surface area contributed by atoms with Crippen LogP contribution in [0.3, 0.4) is 0 Å². The molecule has 2 saturated carbocycles. The van der Waals surface area contributed by atoms with Crippen molar-refractivity contribution >= 4 is 0 Å². The van der Waals surface area contributed by atoms with Crippen LogP contribution in [0, 0.1) is 5.92 Å². The molecular formula is C14H27NO2. The first-order chi connectivity index (χ1) is 8.28. The first kappa shape index (κ1) is 13.3. The summed E-state index contributed by atoms with van der Waals surface area (Å²) in [7, 11) is 0. The van der Waals surface area contributed by atoms with Crippen LogP contribution in [-0.2, 0) is 4.74 Å². The van der Waals surface area contributed by atoms with Crippen molar-refractivity contribution in [2.24, 2.45) is 5.92 Å². The minimum atomic E-state index is 0.237. The molecule has 2 fully saturated rings. The Morgan fingerprint density at radius 2 is 2.12 bits per heavy atom. The predicted octanol–water partition coefficient (Wildman–Crippen LogP) is 2.08. The topological polar surface area (TPSA) is 41.5 Å². The van der Waals surface area contributed by atoms with Gasteiger partial charge in [0.05, 0.1) is 12.7 Å². The highest BCUT2D eigenvalue weighted by Crippen LogP contribution is 2.26. The predicted molar refractivity (Wildman–Crippen MR) is 69.0 cm³/mol. The number of rotatable bonds is 7. The van der Waals surface area contributed by atoms with Gasteiger partial charge in [0.1, 0.15) is 0 Å². The number of hydrogen-bond donors (Lipinski definition) is 2. The van der Waals surface area contributed by atoms with Gasteiger partial charge < -0.3 is 15.2 Å². The van der Waals surface area contributed by atoms with Crippen molar-refractivity contribution in [2.45, 2.75) is 70.1 Å². The first-order valence-corrected chi connectivity index (χ1v) is 7.26. The van der Waals surface area contributed by atoms with E-state index in [-0.39, 0.29) is 12.6 Å². The molecule has 2 aliphatic carbocycles. The third-order valence-electron chi connectivity index (χ3n) is 3.98. The Morgan fingerprint density at radius 3 is 2.76 bits per heavy atom. The van der Waals surface area contributed by atoms with E-state index in [2.05, 4.69) is 12.2 Å². The van der Waals surface area contributed by atoms with Crippen molar-refractivity contribution in [1.29, 1.82) is 0 Å². The van der Waals surface area contributed by atoms with E-state index in [0.717, 1.165) is 18.9 Å². The molecule has 2 rings (SSSR count). The number of ether oxygens (including phenoxy) is 1. The Morgan fingerprint density at radius 1 is 1.29 bits per heavy atom. The average molecular weight is 241 g/mol. The molecule has 0 aromatic rings. The quantitative estimate of drug-likeness (QED) is 0.717. The van der Waals surface area contributed by atoms with E-state index in [4.69, 9.17) is 4.74 Å². The van der Waals surface area contributed by atoms with Crippen molar-refractivity contribution in [3.63, 3.8) is 0 Å². The van der Waals surface area contributed by atoms with Gasteiger partial charge in [-0.2, -0.15) is 0 Å². The SMILES string of the molecule is CC1CCCC(OCCC(CO)NC2CC2)C1. The van der Waals surface area contributed by atoms with Gasteiger partial charge in [0, 0.05) is 18.7 Å². The number of aliphatic hydroxyl groups excluding tert-OH is 1. The Hall–Kier alpha value is -0.120. The second-order valence-electron chi connectivity index (χ2n) is 5.87. The Labute approximate surface area is 105 Å². The fraction of sp³-hybridized carbons (Fsp3) is 1.00. The molecule has 2 N–H and O–H groups in total. The molecule has 0 aromatic carbocycles. The lowest BCUT2D eigenvalue weighted by Crippen LogP contribution is -2.35. The summed E-state index contributed by atoms with van der Waals surface area (Å²) in [6.07, 6.45) is 9.09. The summed E-state index contributed by atoms with van der Waals surface area (Å²) < 4.78 is 5.94. The maximum absolute atomic E-state index is 9.26. The minimum Gasteiger partial charge on any atom is -0.395 e. The standard InChI is InChI=1S/C14H27NO2/c1-11-3-2-4-14(9-11)17-8-7-13(10-16)15-12-5-6-12/h11-16H,2-10H2,1H3. The molecule has 3 atom stereocenters. The zero-order chi connectivity index (χ0) is 12.1. The van der Waals surface area contributed by atoms with E-state index in [1.165, 1.54) is 38.5 Å². The fourth-order valence-electron chi connectivity index (χ4n) is 2.72. The molecule has 0 saturated heterocycles. The van der Waals surface area contributed by atoms with Gasteiger partial charge in [-0.25, -0.2) is 0 Å². The van der Waals surface area contributed by atoms with Crippen LogP contribution >= 0.6 is 0 Å². The Kier molecular flexibility index (Phi) is 5.26. The van der Waals surface area contributed by atoms with Crippen LogP contribution in [0.25, 0.3) is 0 Å². The summed E-state index contributed by atoms with van der Waals surface area (Å²) in [5, 5.41) is 12.7. The number of aliphatic hydroxyl groups is 1. The van der Waals surface area contributed by atoms with Crippen molar-refractivity contribution in [1.82, 2.24) is 5.32 Å². The summed E-state index contributed by atoms with van der Waals surface area (Å²) in [6, 6.07) is 0.908. The van der Waals surface area contributed by atoms with Crippen LogP contribution in [0.2, 0.25) is 0 Å². The van der Waals surface area contributed by atoms with E-state index in [9.17, 15) is 5.11 Å². The van der Waals surface area contributed by atoms with E-state index in [1.807, 2.05) is 0 Å². The zero-order valence-electron chi connectivity index (χ0n) is 11.0. The van der Waals surface area contributed by atoms with Gasteiger partial charge in [-0.05, 0) is 38.0 Å². The molecular weight excluding hydrogens is 214 g/mol. The van der Waals surface area contributed by atoms with Crippen LogP contribution in [0.15, 0.2) is 0 Å². The Bertz CT molecular complexity index is 214. The second kappa shape index (κ2) is 6.72. The van der Waals surface area contributed by atoms with E-state index in [1.54, 1.807) is 0 Å². The van der Waals surface area contributed by atoms with E-state index < -0.39 is 0 Å². The minimum absolute atomic E-state index is 0.237. The summed E-state index contributed by atoms with van der Waals surface area (Å²) >= 11 is 0. The second-order valence-corrected chi connectivity index (χ2v) is 5.87. The van der Waals surface area contributed by atoms with Crippen LogP contribution in [-0.4, -0.2) is 36.5 Å². The van der Waals surface area contributed by atoms with Crippen molar-refractivity contribution < 1.29 is 9.84 Å².